The smallest absolute Gasteiger partial charge is 0.417 e. The summed E-state index contributed by atoms with van der Waals surface area (Å²) in [6.07, 6.45) is 8.16. The van der Waals surface area contributed by atoms with Crippen molar-refractivity contribution in [3.63, 3.8) is 0 Å². The molecule has 0 N–H and O–H groups in total. The zero-order chi connectivity index (χ0) is 29.6. The van der Waals surface area contributed by atoms with Gasteiger partial charge in [0.2, 0.25) is 5.88 Å². The molecule has 0 spiro atoms. The maximum atomic E-state index is 14.9. The zero-order valence-corrected chi connectivity index (χ0v) is 27.2. The van der Waals surface area contributed by atoms with Crippen molar-refractivity contribution in [3.05, 3.63) is 72.6 Å². The monoisotopic (exact) mass is 589 g/mol. The van der Waals surface area contributed by atoms with Crippen LogP contribution in [0.25, 0.3) is 0 Å². The molecule has 2 aromatic carbocycles. The summed E-state index contributed by atoms with van der Waals surface area (Å²) in [6.45, 7) is 12.4. The normalized spacial score (nSPS) is 19.1. The number of nitrogens with zero attached hydrogens (tertiary/aromatic N) is 1. The zero-order valence-electron chi connectivity index (χ0n) is 25.5. The number of hydrogen-bond acceptors (Lipinski definition) is 5. The van der Waals surface area contributed by atoms with E-state index in [1.54, 1.807) is 4.90 Å². The Balaban J connectivity index is 2.14. The lowest BCUT2D eigenvalue weighted by Crippen LogP contribution is -2.48. The summed E-state index contributed by atoms with van der Waals surface area (Å²) < 4.78 is 34.0. The van der Waals surface area contributed by atoms with E-state index in [1.165, 1.54) is 0 Å². The first-order chi connectivity index (χ1) is 18.8. The van der Waals surface area contributed by atoms with Crippen LogP contribution < -0.4 is 10.6 Å². The lowest BCUT2D eigenvalue weighted by Gasteiger charge is -2.40. The maximum absolute atomic E-state index is 14.9. The van der Waals surface area contributed by atoms with E-state index in [-0.39, 0.29) is 17.8 Å². The van der Waals surface area contributed by atoms with Gasteiger partial charge in [-0.2, -0.15) is 0 Å². The molecule has 0 aromatic heterocycles. The molecule has 1 amide bonds. The Morgan fingerprint density at radius 1 is 1.02 bits per heavy atom. The minimum absolute atomic E-state index is 0.157. The van der Waals surface area contributed by atoms with E-state index in [1.807, 2.05) is 87.5 Å². The summed E-state index contributed by atoms with van der Waals surface area (Å²) in [5.74, 6) is 1.78. The number of carbonyl (C=O) groups is 1. The van der Waals surface area contributed by atoms with Crippen molar-refractivity contribution in [1.82, 2.24) is 4.90 Å². The third kappa shape index (κ3) is 8.64. The third-order valence-electron chi connectivity index (χ3n) is 7.00. The van der Waals surface area contributed by atoms with Gasteiger partial charge in [0.05, 0.1) is 23.3 Å². The fraction of sp³-hybridized carbons (Fsp3) is 0.531. The number of ether oxygens (including phenoxy) is 1. The van der Waals surface area contributed by atoms with Gasteiger partial charge in [0.25, 0.3) is 0 Å². The first kappa shape index (κ1) is 32.3. The number of amides is 1. The molecule has 6 nitrogen and oxygen atoms in total. The SMILES string of the molecule is CCS(C)(C)OCC1C(CC(C)C)CCC=C(OP(=O)(c2ccccc2)c2ccccc2)N1C(=O)OC(C)(C)C. The molecule has 0 saturated carbocycles. The number of allylic oxidation sites excluding steroid dienone is 1. The maximum Gasteiger partial charge on any atom is 0.417 e. The van der Waals surface area contributed by atoms with Crippen LogP contribution in [0.5, 0.6) is 0 Å². The first-order valence-electron chi connectivity index (χ1n) is 14.2. The predicted octanol–water partition coefficient (Wildman–Crippen LogP) is 7.85. The lowest BCUT2D eigenvalue weighted by molar-refractivity contribution is 0.00214. The third-order valence-corrected chi connectivity index (χ3v) is 11.6. The Bertz CT molecular complexity index is 1130. The highest BCUT2D eigenvalue weighted by atomic mass is 32.3. The van der Waals surface area contributed by atoms with Gasteiger partial charge in [-0.25, -0.2) is 9.69 Å². The molecular weight excluding hydrogens is 541 g/mol. The molecule has 1 aliphatic heterocycles. The molecule has 0 fully saturated rings. The lowest BCUT2D eigenvalue weighted by atomic mass is 9.87. The molecule has 3 rings (SSSR count). The fourth-order valence-corrected chi connectivity index (χ4v) is 7.51. The summed E-state index contributed by atoms with van der Waals surface area (Å²) in [5, 5.41) is 1.14. The molecule has 2 atom stereocenters. The van der Waals surface area contributed by atoms with Crippen molar-refractivity contribution in [3.8, 4) is 0 Å². The van der Waals surface area contributed by atoms with Gasteiger partial charge in [0.15, 0.2) is 0 Å². The number of rotatable bonds is 10. The second-order valence-corrected chi connectivity index (χ2v) is 18.3. The Hall–Kier alpha value is -2.21. The fourth-order valence-electron chi connectivity index (χ4n) is 4.77. The Morgan fingerprint density at radius 3 is 2.05 bits per heavy atom. The second kappa shape index (κ2) is 13.6. The molecule has 2 aromatic rings. The van der Waals surface area contributed by atoms with Gasteiger partial charge in [0, 0.05) is 0 Å². The molecule has 1 heterocycles. The molecule has 0 bridgehead atoms. The summed E-state index contributed by atoms with van der Waals surface area (Å²) >= 11 is 0. The van der Waals surface area contributed by atoms with Crippen molar-refractivity contribution in [1.29, 1.82) is 0 Å². The summed E-state index contributed by atoms with van der Waals surface area (Å²) in [4.78, 5) is 15.6. The predicted molar refractivity (Wildman–Crippen MR) is 169 cm³/mol. The van der Waals surface area contributed by atoms with E-state index >= 15 is 0 Å². The number of benzene rings is 2. The number of hydrogen-bond donors (Lipinski definition) is 0. The Kier molecular flexibility index (Phi) is 11.0. The van der Waals surface area contributed by atoms with Crippen LogP contribution in [-0.2, 0) is 18.0 Å². The molecule has 40 heavy (non-hydrogen) atoms. The summed E-state index contributed by atoms with van der Waals surface area (Å²) in [6, 6.07) is 18.1. The van der Waals surface area contributed by atoms with Crippen molar-refractivity contribution < 1.29 is 22.8 Å². The quantitative estimate of drug-likeness (QED) is 0.264. The van der Waals surface area contributed by atoms with E-state index in [4.69, 9.17) is 13.4 Å². The van der Waals surface area contributed by atoms with Crippen LogP contribution in [0, 0.1) is 11.8 Å². The second-order valence-electron chi connectivity index (χ2n) is 12.3. The topological polar surface area (TPSA) is 65.1 Å². The average molecular weight is 590 g/mol. The van der Waals surface area contributed by atoms with Crippen LogP contribution in [-0.4, -0.2) is 47.5 Å². The molecular formula is C32H48NO5PS. The molecule has 8 heteroatoms. The van der Waals surface area contributed by atoms with Crippen LogP contribution >= 0.6 is 17.7 Å². The van der Waals surface area contributed by atoms with Crippen LogP contribution in [0.3, 0.4) is 0 Å². The molecule has 0 aliphatic carbocycles. The van der Waals surface area contributed by atoms with Crippen LogP contribution in [0.4, 0.5) is 4.79 Å². The van der Waals surface area contributed by atoms with E-state index in [2.05, 4.69) is 33.3 Å². The summed E-state index contributed by atoms with van der Waals surface area (Å²) in [7, 11) is -4.92. The van der Waals surface area contributed by atoms with Gasteiger partial charge < -0.3 is 13.4 Å². The molecule has 222 valence electrons. The van der Waals surface area contributed by atoms with Gasteiger partial charge >= 0.3 is 13.5 Å². The number of carbonyl (C=O) groups excluding carboxylic acids is 1. The van der Waals surface area contributed by atoms with E-state index < -0.39 is 29.4 Å². The minimum atomic E-state index is -3.62. The summed E-state index contributed by atoms with van der Waals surface area (Å²) in [5.41, 5.74) is -0.718. The molecule has 2 unspecified atom stereocenters. The van der Waals surface area contributed by atoms with Crippen molar-refractivity contribution in [2.75, 3.05) is 24.9 Å². The molecule has 0 radical (unpaired) electrons. The Labute approximate surface area is 243 Å². The highest BCUT2D eigenvalue weighted by molar-refractivity contribution is 8.28. The van der Waals surface area contributed by atoms with Crippen molar-refractivity contribution in [2.24, 2.45) is 11.8 Å². The van der Waals surface area contributed by atoms with Gasteiger partial charge in [0.1, 0.15) is 5.60 Å². The standard InChI is InChI=1S/C32H48NO5PS/c1-9-40(7,8)36-24-29-26(23-25(2)3)17-16-22-30(33(29)31(34)37-32(4,5)6)38-39(35,27-18-12-10-13-19-27)28-20-14-11-15-21-28/h10-15,18-22,25-26,29H,9,16-17,23-24H2,1-8H3. The minimum Gasteiger partial charge on any atom is -0.443 e. The van der Waals surface area contributed by atoms with E-state index in [0.717, 1.165) is 18.6 Å². The van der Waals surface area contributed by atoms with Crippen molar-refractivity contribution >= 4 is 34.4 Å². The van der Waals surface area contributed by atoms with Crippen molar-refractivity contribution in [2.45, 2.75) is 72.4 Å². The van der Waals surface area contributed by atoms with E-state index in [0.29, 0.717) is 29.6 Å². The molecule has 1 aliphatic rings. The first-order valence-corrected chi connectivity index (χ1v) is 18.4. The highest BCUT2D eigenvalue weighted by Gasteiger charge is 2.42. The van der Waals surface area contributed by atoms with Crippen LogP contribution in [0.15, 0.2) is 72.6 Å². The van der Waals surface area contributed by atoms with E-state index in [9.17, 15) is 9.36 Å². The molecule has 0 saturated heterocycles. The van der Waals surface area contributed by atoms with Crippen LogP contribution in [0.2, 0.25) is 0 Å². The van der Waals surface area contributed by atoms with Crippen LogP contribution in [0.1, 0.15) is 60.8 Å². The highest BCUT2D eigenvalue weighted by Crippen LogP contribution is 2.49. The largest absolute Gasteiger partial charge is 0.443 e. The Morgan fingerprint density at radius 2 is 1.57 bits per heavy atom. The van der Waals surface area contributed by atoms with Gasteiger partial charge in [-0.15, -0.1) is 10.3 Å². The van der Waals surface area contributed by atoms with Gasteiger partial charge in [-0.05, 0) is 100 Å². The average Bonchev–Trinajstić information content (AvgIpc) is 3.06. The van der Waals surface area contributed by atoms with Gasteiger partial charge in [-0.3, -0.25) is 4.57 Å². The van der Waals surface area contributed by atoms with Gasteiger partial charge in [-0.1, -0.05) is 57.2 Å².